The number of para-hydroxylation sites is 1. The van der Waals surface area contributed by atoms with E-state index in [9.17, 15) is 8.42 Å². The zero-order chi connectivity index (χ0) is 10.6. The van der Waals surface area contributed by atoms with E-state index in [0.717, 1.165) is 0 Å². The lowest BCUT2D eigenvalue weighted by molar-refractivity contribution is 0.156. The molecule has 0 atom stereocenters. The van der Waals surface area contributed by atoms with Gasteiger partial charge >= 0.3 is 10.3 Å². The molecule has 1 aromatic carbocycles. The Morgan fingerprint density at radius 2 is 1.93 bits per heavy atom. The van der Waals surface area contributed by atoms with Gasteiger partial charge in [0.05, 0.1) is 12.3 Å². The lowest BCUT2D eigenvalue weighted by Gasteiger charge is -2.18. The Hall–Kier alpha value is -1.11. The van der Waals surface area contributed by atoms with Gasteiger partial charge < -0.3 is 0 Å². The highest BCUT2D eigenvalue weighted by Crippen LogP contribution is 2.16. The van der Waals surface area contributed by atoms with Crippen molar-refractivity contribution in [3.63, 3.8) is 0 Å². The van der Waals surface area contributed by atoms with Crippen molar-refractivity contribution in [2.45, 2.75) is 6.92 Å². The Morgan fingerprint density at radius 1 is 1.36 bits per heavy atom. The minimum Gasteiger partial charge on any atom is -0.267 e. The van der Waals surface area contributed by atoms with Crippen molar-refractivity contribution >= 4 is 16.0 Å². The van der Waals surface area contributed by atoms with Gasteiger partial charge in [-0.3, -0.25) is 9.39 Å². The first-order valence-electron chi connectivity index (χ1n) is 4.01. The van der Waals surface area contributed by atoms with E-state index in [2.05, 4.69) is 0 Å². The molecule has 1 rings (SSSR count). The first kappa shape index (κ1) is 11.0. The molecule has 1 aromatic rings. The third-order valence-corrected chi connectivity index (χ3v) is 2.16. The average molecular weight is 217 g/mol. The Bertz CT molecular complexity index is 376. The maximum atomic E-state index is 10.9. The Balaban J connectivity index is 3.02. The Labute approximate surface area is 82.8 Å². The molecule has 0 aromatic heterocycles. The standard InChI is InChI=1S/C8H11NO4S/c1-2-13-9(14(10,11)12)8-6-4-3-5-7-8/h3-7H,2H2,1H3,(H,10,11,12). The van der Waals surface area contributed by atoms with Gasteiger partial charge in [0.1, 0.15) is 0 Å². The van der Waals surface area contributed by atoms with Crippen molar-refractivity contribution in [1.29, 1.82) is 0 Å². The van der Waals surface area contributed by atoms with E-state index >= 15 is 0 Å². The molecular formula is C8H11NO4S. The summed E-state index contributed by atoms with van der Waals surface area (Å²) in [7, 11) is -4.37. The van der Waals surface area contributed by atoms with Crippen LogP contribution < -0.4 is 4.47 Å². The monoisotopic (exact) mass is 217 g/mol. The van der Waals surface area contributed by atoms with Crippen LogP contribution in [0.3, 0.4) is 0 Å². The summed E-state index contributed by atoms with van der Waals surface area (Å²) in [5.41, 5.74) is 0.261. The fraction of sp³-hybridized carbons (Fsp3) is 0.250. The maximum Gasteiger partial charge on any atom is 0.382 e. The summed E-state index contributed by atoms with van der Waals surface area (Å²) >= 11 is 0. The summed E-state index contributed by atoms with van der Waals surface area (Å²) in [5.74, 6) is 0. The van der Waals surface area contributed by atoms with Gasteiger partial charge in [-0.15, -0.1) is 4.47 Å². The van der Waals surface area contributed by atoms with Crippen LogP contribution >= 0.6 is 0 Å². The van der Waals surface area contributed by atoms with Crippen molar-refractivity contribution in [2.75, 3.05) is 11.1 Å². The SMILES string of the molecule is CCON(c1ccccc1)S(=O)(=O)O. The van der Waals surface area contributed by atoms with E-state index in [0.29, 0.717) is 4.47 Å². The number of anilines is 1. The number of nitrogens with zero attached hydrogens (tertiary/aromatic N) is 1. The molecule has 5 nitrogen and oxygen atoms in total. The van der Waals surface area contributed by atoms with E-state index in [-0.39, 0.29) is 12.3 Å². The second-order valence-corrected chi connectivity index (χ2v) is 3.69. The normalized spacial score (nSPS) is 11.3. The van der Waals surface area contributed by atoms with Crippen LogP contribution in [0.4, 0.5) is 5.69 Å². The molecule has 0 spiro atoms. The second kappa shape index (κ2) is 4.41. The van der Waals surface area contributed by atoms with Crippen LogP contribution in [0.25, 0.3) is 0 Å². The molecule has 0 heterocycles. The predicted octanol–water partition coefficient (Wildman–Crippen LogP) is 1.25. The van der Waals surface area contributed by atoms with Gasteiger partial charge in [-0.05, 0) is 19.1 Å². The molecule has 0 aliphatic carbocycles. The summed E-state index contributed by atoms with van der Waals surface area (Å²) in [5, 5.41) is 0. The van der Waals surface area contributed by atoms with E-state index in [1.807, 2.05) is 0 Å². The fourth-order valence-electron chi connectivity index (χ4n) is 0.941. The zero-order valence-corrected chi connectivity index (χ0v) is 8.44. The summed E-state index contributed by atoms with van der Waals surface area (Å²) in [6, 6.07) is 8.06. The number of hydrogen-bond donors (Lipinski definition) is 1. The molecule has 0 saturated carbocycles. The van der Waals surface area contributed by atoms with Crippen LogP contribution in [0.15, 0.2) is 30.3 Å². The molecule has 0 bridgehead atoms. The lowest BCUT2D eigenvalue weighted by Crippen LogP contribution is -2.30. The first-order chi connectivity index (χ1) is 6.55. The van der Waals surface area contributed by atoms with Gasteiger partial charge in [0.2, 0.25) is 0 Å². The minimum atomic E-state index is -4.37. The largest absolute Gasteiger partial charge is 0.382 e. The van der Waals surface area contributed by atoms with Gasteiger partial charge in [-0.25, -0.2) is 0 Å². The maximum absolute atomic E-state index is 10.9. The topological polar surface area (TPSA) is 66.8 Å². The average Bonchev–Trinajstić information content (AvgIpc) is 2.14. The third-order valence-electron chi connectivity index (χ3n) is 1.42. The molecule has 78 valence electrons. The molecule has 0 aliphatic rings. The van der Waals surface area contributed by atoms with Crippen molar-refractivity contribution in [3.8, 4) is 0 Å². The van der Waals surface area contributed by atoms with Crippen molar-refractivity contribution < 1.29 is 17.8 Å². The number of benzene rings is 1. The van der Waals surface area contributed by atoms with Gasteiger partial charge in [0.15, 0.2) is 0 Å². The van der Waals surface area contributed by atoms with Gasteiger partial charge in [-0.2, -0.15) is 8.42 Å². The quantitative estimate of drug-likeness (QED) is 0.608. The van der Waals surface area contributed by atoms with Crippen LogP contribution in [0.1, 0.15) is 6.92 Å². The number of rotatable bonds is 4. The molecule has 6 heteroatoms. The van der Waals surface area contributed by atoms with E-state index < -0.39 is 10.3 Å². The van der Waals surface area contributed by atoms with Gasteiger partial charge in [0.25, 0.3) is 0 Å². The molecule has 0 amide bonds. The Kier molecular flexibility index (Phi) is 3.45. The van der Waals surface area contributed by atoms with Crippen molar-refractivity contribution in [1.82, 2.24) is 0 Å². The highest BCUT2D eigenvalue weighted by molar-refractivity contribution is 7.87. The molecule has 0 aliphatic heterocycles. The lowest BCUT2D eigenvalue weighted by atomic mass is 10.3. The van der Waals surface area contributed by atoms with Gasteiger partial charge in [-0.1, -0.05) is 18.2 Å². The second-order valence-electron chi connectivity index (χ2n) is 2.46. The molecule has 0 radical (unpaired) electrons. The van der Waals surface area contributed by atoms with Crippen LogP contribution in [0.5, 0.6) is 0 Å². The zero-order valence-electron chi connectivity index (χ0n) is 7.62. The third kappa shape index (κ3) is 2.69. The summed E-state index contributed by atoms with van der Waals surface area (Å²) in [4.78, 5) is 4.79. The molecule has 1 N–H and O–H groups in total. The molecule has 0 unspecified atom stereocenters. The number of hydrogen-bond acceptors (Lipinski definition) is 3. The summed E-state index contributed by atoms with van der Waals surface area (Å²) in [6.07, 6.45) is 0. The summed E-state index contributed by atoms with van der Waals surface area (Å²) < 4.78 is 31.1. The fourth-order valence-corrected chi connectivity index (χ4v) is 1.57. The highest BCUT2D eigenvalue weighted by Gasteiger charge is 2.19. The van der Waals surface area contributed by atoms with Crippen LogP contribution in [-0.2, 0) is 15.1 Å². The molecule has 14 heavy (non-hydrogen) atoms. The van der Waals surface area contributed by atoms with Crippen LogP contribution in [-0.4, -0.2) is 19.6 Å². The first-order valence-corrected chi connectivity index (χ1v) is 5.41. The van der Waals surface area contributed by atoms with E-state index in [4.69, 9.17) is 9.39 Å². The van der Waals surface area contributed by atoms with Gasteiger partial charge in [0, 0.05) is 0 Å². The van der Waals surface area contributed by atoms with Crippen molar-refractivity contribution in [2.24, 2.45) is 0 Å². The smallest absolute Gasteiger partial charge is 0.267 e. The molecular weight excluding hydrogens is 206 g/mol. The van der Waals surface area contributed by atoms with Crippen LogP contribution in [0, 0.1) is 0 Å². The van der Waals surface area contributed by atoms with Crippen LogP contribution in [0.2, 0.25) is 0 Å². The van der Waals surface area contributed by atoms with E-state index in [1.54, 1.807) is 25.1 Å². The predicted molar refractivity (Wildman–Crippen MR) is 52.1 cm³/mol. The summed E-state index contributed by atoms with van der Waals surface area (Å²) in [6.45, 7) is 1.77. The highest BCUT2D eigenvalue weighted by atomic mass is 32.2. The Morgan fingerprint density at radius 3 is 2.36 bits per heavy atom. The molecule has 0 saturated heterocycles. The van der Waals surface area contributed by atoms with Crippen molar-refractivity contribution in [3.05, 3.63) is 30.3 Å². The minimum absolute atomic E-state index is 0.148. The van der Waals surface area contributed by atoms with E-state index in [1.165, 1.54) is 12.1 Å². The molecule has 0 fully saturated rings.